The Balaban J connectivity index is 0.000000973. The van der Waals surface area contributed by atoms with E-state index in [2.05, 4.69) is 53.7 Å². The standard InChI is InChI=1S/C29H33F6P2.C5H5.Fe/c1-19(24-9-8-10-25(24)37(26(2,3)4)27(5,6)7)36(22-15-11-20(12-16-22)28(30,31)32)23-17-13-21(14-18-23)29(33,34)35;1-2-4-5-3-1;/h8-19H,1-7H3;1-5H;/q-1;-5;. The third-order valence-corrected chi connectivity index (χ3v) is 13.1. The van der Waals surface area contributed by atoms with E-state index < -0.39 is 39.3 Å². The van der Waals surface area contributed by atoms with Crippen molar-refractivity contribution in [1.82, 2.24) is 0 Å². The zero-order valence-corrected chi connectivity index (χ0v) is 28.2. The van der Waals surface area contributed by atoms with Crippen molar-refractivity contribution in [2.45, 2.75) is 76.8 Å². The van der Waals surface area contributed by atoms with Crippen molar-refractivity contribution in [3.63, 3.8) is 0 Å². The summed E-state index contributed by atoms with van der Waals surface area (Å²) in [6.45, 7) is 15.4. The molecule has 0 fully saturated rings. The van der Waals surface area contributed by atoms with Gasteiger partial charge in [0.2, 0.25) is 0 Å². The fourth-order valence-corrected chi connectivity index (χ4v) is 12.3. The van der Waals surface area contributed by atoms with Crippen LogP contribution in [0.15, 0.2) is 97.1 Å². The van der Waals surface area contributed by atoms with E-state index in [9.17, 15) is 26.3 Å². The molecule has 1 unspecified atom stereocenters. The van der Waals surface area contributed by atoms with Gasteiger partial charge in [-0.25, -0.2) is 12.1 Å². The first-order valence-corrected chi connectivity index (χ1v) is 16.4. The molecule has 0 amide bonds. The smallest absolute Gasteiger partial charge is 0.416 e. The van der Waals surface area contributed by atoms with Gasteiger partial charge in [0.1, 0.15) is 0 Å². The molecular weight excluding hydrogens is 640 g/mol. The van der Waals surface area contributed by atoms with Crippen molar-refractivity contribution in [1.29, 1.82) is 0 Å². The van der Waals surface area contributed by atoms with Crippen LogP contribution in [0.4, 0.5) is 26.3 Å². The normalized spacial score (nSPS) is 13.4. The van der Waals surface area contributed by atoms with Crippen LogP contribution < -0.4 is 15.9 Å². The van der Waals surface area contributed by atoms with E-state index in [1.54, 1.807) is 0 Å². The summed E-state index contributed by atoms with van der Waals surface area (Å²) in [6, 6.07) is 26.4. The zero-order valence-electron chi connectivity index (χ0n) is 25.3. The van der Waals surface area contributed by atoms with Crippen molar-refractivity contribution < 1.29 is 43.4 Å². The first-order valence-electron chi connectivity index (χ1n) is 13.7. The Morgan fingerprint density at radius 3 is 1.26 bits per heavy atom. The molecule has 4 aromatic carbocycles. The van der Waals surface area contributed by atoms with Gasteiger partial charge in [0.15, 0.2) is 0 Å². The predicted molar refractivity (Wildman–Crippen MR) is 168 cm³/mol. The zero-order chi connectivity index (χ0) is 31.5. The second-order valence-electron chi connectivity index (χ2n) is 12.1. The molecule has 0 aromatic heterocycles. The largest absolute Gasteiger partial charge is 0.748 e. The molecule has 1 atom stereocenters. The summed E-state index contributed by atoms with van der Waals surface area (Å²) in [5.74, 6) is 0. The van der Waals surface area contributed by atoms with Gasteiger partial charge in [-0.1, -0.05) is 80.7 Å². The van der Waals surface area contributed by atoms with Crippen molar-refractivity contribution in [3.8, 4) is 0 Å². The summed E-state index contributed by atoms with van der Waals surface area (Å²) < 4.78 is 79.5. The maximum atomic E-state index is 13.2. The molecule has 0 saturated heterocycles. The molecule has 0 aliphatic heterocycles. The Labute approximate surface area is 265 Å². The Morgan fingerprint density at radius 2 is 0.953 bits per heavy atom. The van der Waals surface area contributed by atoms with Gasteiger partial charge in [0, 0.05) is 17.1 Å². The van der Waals surface area contributed by atoms with Crippen LogP contribution in [0.3, 0.4) is 0 Å². The number of benzene rings is 2. The van der Waals surface area contributed by atoms with Gasteiger partial charge in [-0.3, -0.25) is 0 Å². The van der Waals surface area contributed by atoms with Crippen LogP contribution in [-0.4, -0.2) is 10.3 Å². The van der Waals surface area contributed by atoms with Crippen LogP contribution in [0.5, 0.6) is 0 Å². The van der Waals surface area contributed by atoms with E-state index in [1.807, 2.05) is 43.3 Å². The topological polar surface area (TPSA) is 0 Å². The molecule has 0 spiro atoms. The maximum Gasteiger partial charge on any atom is 0.416 e. The maximum absolute atomic E-state index is 13.2. The van der Waals surface area contributed by atoms with Crippen LogP contribution in [0.1, 0.15) is 70.8 Å². The molecule has 0 bridgehead atoms. The minimum Gasteiger partial charge on any atom is -0.748 e. The van der Waals surface area contributed by atoms with E-state index >= 15 is 0 Å². The number of hydrogen-bond donors (Lipinski definition) is 0. The first kappa shape index (κ1) is 37.3. The molecule has 43 heavy (non-hydrogen) atoms. The average Bonchev–Trinajstić information content (AvgIpc) is 3.58. The molecule has 0 radical (unpaired) electrons. The molecule has 240 valence electrons. The molecule has 4 aromatic rings. The Bertz CT molecular complexity index is 1280. The number of alkyl halides is 6. The van der Waals surface area contributed by atoms with E-state index in [0.29, 0.717) is 10.6 Å². The second kappa shape index (κ2) is 14.5. The quantitative estimate of drug-likeness (QED) is 0.0853. The summed E-state index contributed by atoms with van der Waals surface area (Å²) in [5.41, 5.74) is -0.501. The third kappa shape index (κ3) is 9.79. The molecule has 0 aliphatic carbocycles. The molecule has 0 saturated carbocycles. The van der Waals surface area contributed by atoms with Gasteiger partial charge in [0.05, 0.1) is 11.1 Å². The number of halogens is 6. The van der Waals surface area contributed by atoms with Crippen LogP contribution in [0, 0.1) is 0 Å². The summed E-state index contributed by atoms with van der Waals surface area (Å²) in [7, 11) is -1.94. The Kier molecular flexibility index (Phi) is 12.5. The Hall–Kier alpha value is -1.90. The fourth-order valence-electron chi connectivity index (χ4n) is 5.39. The van der Waals surface area contributed by atoms with Gasteiger partial charge < -0.3 is 30.3 Å². The summed E-state index contributed by atoms with van der Waals surface area (Å²) >= 11 is 0. The monoisotopic (exact) mass is 678 g/mol. The van der Waals surface area contributed by atoms with E-state index in [-0.39, 0.29) is 33.0 Å². The van der Waals surface area contributed by atoms with Crippen molar-refractivity contribution in [2.24, 2.45) is 0 Å². The predicted octanol–water partition coefficient (Wildman–Crippen LogP) is 10.7. The van der Waals surface area contributed by atoms with Crippen molar-refractivity contribution in [3.05, 3.63) is 114 Å². The van der Waals surface area contributed by atoms with Gasteiger partial charge in [-0.15, -0.1) is 10.9 Å². The molecule has 9 heteroatoms. The minimum atomic E-state index is -4.46. The minimum absolute atomic E-state index is 0. The Morgan fingerprint density at radius 1 is 0.605 bits per heavy atom. The number of hydrogen-bond acceptors (Lipinski definition) is 0. The van der Waals surface area contributed by atoms with Gasteiger partial charge >= 0.3 is 12.4 Å². The summed E-state index contributed by atoms with van der Waals surface area (Å²) in [4.78, 5) is 0. The van der Waals surface area contributed by atoms with Gasteiger partial charge in [0.25, 0.3) is 0 Å². The molecular formula is C34H38F6FeP2-6. The van der Waals surface area contributed by atoms with Crippen LogP contribution in [0.25, 0.3) is 0 Å². The summed E-state index contributed by atoms with van der Waals surface area (Å²) in [6.07, 6.45) is -8.93. The van der Waals surface area contributed by atoms with Crippen LogP contribution in [0.2, 0.25) is 0 Å². The molecule has 4 rings (SSSR count). The second-order valence-corrected chi connectivity index (χ2v) is 18.5. The van der Waals surface area contributed by atoms with E-state index in [1.165, 1.54) is 29.6 Å². The van der Waals surface area contributed by atoms with E-state index in [0.717, 1.165) is 29.8 Å². The van der Waals surface area contributed by atoms with Crippen LogP contribution in [-0.2, 0) is 29.4 Å². The average molecular weight is 678 g/mol. The SMILES string of the molecule is CC([c-]1cccc1P(C(C)(C)C)C(C)(C)C)P(c1ccc(C(F)(F)F)cc1)c1ccc(C(F)(F)F)cc1.[Fe].[cH-]1[cH-][cH-][cH-][cH-]1. The first-order chi connectivity index (χ1) is 19.3. The van der Waals surface area contributed by atoms with Crippen molar-refractivity contribution in [2.75, 3.05) is 0 Å². The summed E-state index contributed by atoms with van der Waals surface area (Å²) in [5, 5.41) is 2.63. The van der Waals surface area contributed by atoms with Crippen LogP contribution >= 0.6 is 15.8 Å². The van der Waals surface area contributed by atoms with E-state index in [4.69, 9.17) is 0 Å². The fraction of sp³-hybridized carbons (Fsp3) is 0.353. The molecule has 0 nitrogen and oxygen atoms in total. The van der Waals surface area contributed by atoms with Gasteiger partial charge in [-0.05, 0) is 58.8 Å². The molecule has 0 aliphatic rings. The molecule has 0 N–H and O–H groups in total. The van der Waals surface area contributed by atoms with Crippen molar-refractivity contribution >= 4 is 31.8 Å². The molecule has 0 heterocycles. The number of rotatable bonds is 5. The van der Waals surface area contributed by atoms with Gasteiger partial charge in [-0.2, -0.15) is 32.4 Å². The third-order valence-electron chi connectivity index (χ3n) is 6.75.